The number of nitrogens with zero attached hydrogens (tertiary/aromatic N) is 2. The van der Waals surface area contributed by atoms with Gasteiger partial charge in [0.25, 0.3) is 0 Å². The standard InChI is InChI=1S/C24H32ClN3O3S/c1-17-9-10-23(18(2)15-17)32(30,31)28-13-11-19(12-14-28)24(29)26-16-22(27(3)4)20-7-5-6-8-21(20)25/h5-10,15,19,22H,11-14,16H2,1-4H3,(H,26,29). The molecular weight excluding hydrogens is 446 g/mol. The van der Waals surface area contributed by atoms with Gasteiger partial charge < -0.3 is 10.2 Å². The van der Waals surface area contributed by atoms with Gasteiger partial charge in [-0.25, -0.2) is 8.42 Å². The van der Waals surface area contributed by atoms with Crippen LogP contribution >= 0.6 is 11.6 Å². The molecule has 1 aliphatic rings. The second-order valence-electron chi connectivity index (χ2n) is 8.69. The first-order valence-corrected chi connectivity index (χ1v) is 12.7. The fourth-order valence-electron chi connectivity index (χ4n) is 4.24. The number of benzene rings is 2. The molecule has 1 saturated heterocycles. The van der Waals surface area contributed by atoms with Crippen molar-refractivity contribution in [3.8, 4) is 0 Å². The Morgan fingerprint density at radius 2 is 1.81 bits per heavy atom. The fraction of sp³-hybridized carbons (Fsp3) is 0.458. The number of hydrogen-bond donors (Lipinski definition) is 1. The third-order valence-corrected chi connectivity index (χ3v) is 8.53. The molecular formula is C24H32ClN3O3S. The molecule has 1 N–H and O–H groups in total. The van der Waals surface area contributed by atoms with Gasteiger partial charge in [-0.1, -0.05) is 47.5 Å². The maximum Gasteiger partial charge on any atom is 0.243 e. The van der Waals surface area contributed by atoms with E-state index in [0.717, 1.165) is 16.7 Å². The van der Waals surface area contributed by atoms with Crippen molar-refractivity contribution in [1.29, 1.82) is 0 Å². The topological polar surface area (TPSA) is 69.7 Å². The van der Waals surface area contributed by atoms with Crippen LogP contribution in [0.2, 0.25) is 5.02 Å². The van der Waals surface area contributed by atoms with E-state index in [9.17, 15) is 13.2 Å². The van der Waals surface area contributed by atoms with E-state index in [1.807, 2.05) is 69.2 Å². The maximum atomic E-state index is 13.1. The van der Waals surface area contributed by atoms with E-state index in [0.29, 0.717) is 42.4 Å². The number of likely N-dealkylation sites (N-methyl/N-ethyl adjacent to an activating group) is 1. The number of carbonyl (C=O) groups is 1. The zero-order chi connectivity index (χ0) is 23.5. The monoisotopic (exact) mass is 477 g/mol. The number of halogens is 1. The summed E-state index contributed by atoms with van der Waals surface area (Å²) in [5.41, 5.74) is 2.75. The molecule has 6 nitrogen and oxygen atoms in total. The molecule has 0 saturated carbocycles. The quantitative estimate of drug-likeness (QED) is 0.658. The molecule has 3 rings (SSSR count). The highest BCUT2D eigenvalue weighted by Crippen LogP contribution is 2.28. The molecule has 0 aliphatic carbocycles. The maximum absolute atomic E-state index is 13.1. The summed E-state index contributed by atoms with van der Waals surface area (Å²) in [6, 6.07) is 13.0. The Kier molecular flexibility index (Phi) is 7.98. The average Bonchev–Trinajstić information content (AvgIpc) is 2.74. The number of piperidine rings is 1. The van der Waals surface area contributed by atoms with Crippen LogP contribution in [0.25, 0.3) is 0 Å². The number of carbonyl (C=O) groups excluding carboxylic acids is 1. The van der Waals surface area contributed by atoms with Crippen molar-refractivity contribution >= 4 is 27.5 Å². The smallest absolute Gasteiger partial charge is 0.243 e. The minimum atomic E-state index is -3.56. The van der Waals surface area contributed by atoms with Gasteiger partial charge in [0.05, 0.1) is 10.9 Å². The van der Waals surface area contributed by atoms with Gasteiger partial charge in [-0.05, 0) is 64.0 Å². The first-order valence-electron chi connectivity index (χ1n) is 10.9. The van der Waals surface area contributed by atoms with E-state index in [1.54, 1.807) is 6.07 Å². The third kappa shape index (κ3) is 5.52. The SMILES string of the molecule is Cc1ccc(S(=O)(=O)N2CCC(C(=O)NCC(c3ccccc3Cl)N(C)C)CC2)c(C)c1. The Labute approximate surface area is 196 Å². The van der Waals surface area contributed by atoms with Gasteiger partial charge >= 0.3 is 0 Å². The van der Waals surface area contributed by atoms with Crippen LogP contribution in [0.1, 0.15) is 35.6 Å². The number of rotatable bonds is 7. The van der Waals surface area contributed by atoms with Crippen LogP contribution in [0, 0.1) is 19.8 Å². The van der Waals surface area contributed by atoms with E-state index >= 15 is 0 Å². The number of nitrogens with one attached hydrogen (secondary N) is 1. The predicted octanol–water partition coefficient (Wildman–Crippen LogP) is 3.78. The lowest BCUT2D eigenvalue weighted by atomic mass is 9.97. The Hall–Kier alpha value is -1.93. The Bertz CT molecular complexity index is 1060. The summed E-state index contributed by atoms with van der Waals surface area (Å²) in [7, 11) is 0.354. The molecule has 1 atom stereocenters. The lowest BCUT2D eigenvalue weighted by molar-refractivity contribution is -0.126. The predicted molar refractivity (Wildman–Crippen MR) is 128 cm³/mol. The summed E-state index contributed by atoms with van der Waals surface area (Å²) >= 11 is 6.35. The molecule has 2 aromatic rings. The summed E-state index contributed by atoms with van der Waals surface area (Å²) in [6.07, 6.45) is 1.02. The molecule has 0 aromatic heterocycles. The Balaban J connectivity index is 1.60. The second kappa shape index (κ2) is 10.3. The zero-order valence-corrected chi connectivity index (χ0v) is 20.7. The summed E-state index contributed by atoms with van der Waals surface area (Å²) in [4.78, 5) is 15.2. The largest absolute Gasteiger partial charge is 0.354 e. The van der Waals surface area contributed by atoms with Gasteiger partial charge in [0.1, 0.15) is 0 Å². The van der Waals surface area contributed by atoms with Crippen LogP contribution in [0.4, 0.5) is 0 Å². The van der Waals surface area contributed by atoms with Crippen LogP contribution in [0.5, 0.6) is 0 Å². The van der Waals surface area contributed by atoms with Gasteiger partial charge in [-0.15, -0.1) is 0 Å². The van der Waals surface area contributed by atoms with E-state index < -0.39 is 10.0 Å². The number of hydrogen-bond acceptors (Lipinski definition) is 4. The van der Waals surface area contributed by atoms with Gasteiger partial charge in [-0.3, -0.25) is 4.79 Å². The molecule has 174 valence electrons. The normalized spacial score (nSPS) is 16.8. The van der Waals surface area contributed by atoms with Gasteiger partial charge in [0.15, 0.2) is 0 Å². The van der Waals surface area contributed by atoms with Crippen molar-refractivity contribution in [2.45, 2.75) is 37.6 Å². The van der Waals surface area contributed by atoms with Gasteiger partial charge in [0.2, 0.25) is 15.9 Å². The van der Waals surface area contributed by atoms with E-state index in [1.165, 1.54) is 4.31 Å². The minimum Gasteiger partial charge on any atom is -0.354 e. The van der Waals surface area contributed by atoms with Crippen LogP contribution < -0.4 is 5.32 Å². The zero-order valence-electron chi connectivity index (χ0n) is 19.1. The minimum absolute atomic E-state index is 0.0348. The van der Waals surface area contributed by atoms with Crippen LogP contribution in [0.3, 0.4) is 0 Å². The summed E-state index contributed by atoms with van der Waals surface area (Å²) in [5.74, 6) is -0.234. The molecule has 32 heavy (non-hydrogen) atoms. The van der Waals surface area contributed by atoms with E-state index in [4.69, 9.17) is 11.6 Å². The highest BCUT2D eigenvalue weighted by Gasteiger charge is 2.33. The summed E-state index contributed by atoms with van der Waals surface area (Å²) in [6.45, 7) is 4.89. The van der Waals surface area contributed by atoms with E-state index in [2.05, 4.69) is 5.32 Å². The highest BCUT2D eigenvalue weighted by molar-refractivity contribution is 7.89. The lowest BCUT2D eigenvalue weighted by Gasteiger charge is -2.32. The molecule has 1 fully saturated rings. The molecule has 1 heterocycles. The lowest BCUT2D eigenvalue weighted by Crippen LogP contribution is -2.44. The molecule has 0 radical (unpaired) electrons. The van der Waals surface area contributed by atoms with Crippen molar-refractivity contribution in [3.63, 3.8) is 0 Å². The van der Waals surface area contributed by atoms with Gasteiger partial charge in [-0.2, -0.15) is 4.31 Å². The number of aryl methyl sites for hydroxylation is 2. The van der Waals surface area contributed by atoms with Crippen molar-refractivity contribution in [2.24, 2.45) is 5.92 Å². The van der Waals surface area contributed by atoms with Crippen LogP contribution in [-0.2, 0) is 14.8 Å². The molecule has 8 heteroatoms. The highest BCUT2D eigenvalue weighted by atomic mass is 35.5. The van der Waals surface area contributed by atoms with Crippen LogP contribution in [-0.4, -0.2) is 57.3 Å². The molecule has 1 amide bonds. The molecule has 0 spiro atoms. The average molecular weight is 478 g/mol. The van der Waals surface area contributed by atoms with Gasteiger partial charge in [0, 0.05) is 30.6 Å². The third-order valence-electron chi connectivity index (χ3n) is 6.13. The molecule has 1 aliphatic heterocycles. The number of sulfonamides is 1. The Morgan fingerprint density at radius 3 is 2.41 bits per heavy atom. The first-order chi connectivity index (χ1) is 15.1. The van der Waals surface area contributed by atoms with Crippen molar-refractivity contribution < 1.29 is 13.2 Å². The van der Waals surface area contributed by atoms with Crippen molar-refractivity contribution in [2.75, 3.05) is 33.7 Å². The van der Waals surface area contributed by atoms with E-state index in [-0.39, 0.29) is 17.9 Å². The number of amides is 1. The fourth-order valence-corrected chi connectivity index (χ4v) is 6.18. The molecule has 2 aromatic carbocycles. The summed E-state index contributed by atoms with van der Waals surface area (Å²) in [5, 5.41) is 3.72. The first kappa shape index (κ1) is 24.7. The van der Waals surface area contributed by atoms with Crippen molar-refractivity contribution in [1.82, 2.24) is 14.5 Å². The molecule has 0 bridgehead atoms. The Morgan fingerprint density at radius 1 is 1.16 bits per heavy atom. The summed E-state index contributed by atoms with van der Waals surface area (Å²) < 4.78 is 27.7. The van der Waals surface area contributed by atoms with Crippen molar-refractivity contribution in [3.05, 3.63) is 64.2 Å². The second-order valence-corrected chi connectivity index (χ2v) is 11.0. The molecule has 1 unspecified atom stereocenters. The van der Waals surface area contributed by atoms with Crippen LogP contribution in [0.15, 0.2) is 47.4 Å².